The summed E-state index contributed by atoms with van der Waals surface area (Å²) < 4.78 is 11.0. The van der Waals surface area contributed by atoms with E-state index in [1.807, 2.05) is 94.4 Å². The minimum atomic E-state index is -0.745. The zero-order valence-electron chi connectivity index (χ0n) is 17.3. The lowest BCUT2D eigenvalue weighted by Crippen LogP contribution is -2.31. The number of phenolic OH excluding ortho intramolecular Hbond substituents is 1. The van der Waals surface area contributed by atoms with Gasteiger partial charge in [0.1, 0.15) is 17.0 Å². The molecule has 3 aromatic carbocycles. The molecule has 0 spiro atoms. The molecular formula is C25H28O4. The minimum absolute atomic E-state index is 0.322. The summed E-state index contributed by atoms with van der Waals surface area (Å²) >= 11 is 0. The number of para-hydroxylation sites is 1. The first-order chi connectivity index (χ1) is 13.7. The maximum absolute atomic E-state index is 12.2. The van der Waals surface area contributed by atoms with Gasteiger partial charge in [0.05, 0.1) is 0 Å². The van der Waals surface area contributed by atoms with E-state index in [1.54, 1.807) is 24.3 Å². The Bertz CT molecular complexity index is 817. The predicted octanol–water partition coefficient (Wildman–Crippen LogP) is 6.40. The van der Waals surface area contributed by atoms with E-state index in [9.17, 15) is 4.79 Å². The Balaban J connectivity index is 0.000000360. The molecule has 3 aromatic rings. The van der Waals surface area contributed by atoms with Gasteiger partial charge in [-0.05, 0) is 51.0 Å². The van der Waals surface area contributed by atoms with Crippen LogP contribution in [0.4, 0.5) is 4.79 Å². The molecule has 0 aliphatic heterocycles. The average Bonchev–Trinajstić information content (AvgIpc) is 2.69. The van der Waals surface area contributed by atoms with Gasteiger partial charge in [-0.3, -0.25) is 0 Å². The van der Waals surface area contributed by atoms with E-state index in [1.165, 1.54) is 0 Å². The van der Waals surface area contributed by atoms with Crippen LogP contribution in [0.5, 0.6) is 5.75 Å². The normalized spacial score (nSPS) is 11.0. The molecule has 0 atom stereocenters. The van der Waals surface area contributed by atoms with E-state index >= 15 is 0 Å². The monoisotopic (exact) mass is 392 g/mol. The zero-order chi connectivity index (χ0) is 21.3. The van der Waals surface area contributed by atoms with Crippen LogP contribution in [0.15, 0.2) is 91.0 Å². The molecule has 1 N–H and O–H groups in total. The fourth-order valence-electron chi connectivity index (χ4n) is 2.66. The van der Waals surface area contributed by atoms with E-state index in [4.69, 9.17) is 14.6 Å². The van der Waals surface area contributed by atoms with Gasteiger partial charge in [0.25, 0.3) is 0 Å². The van der Waals surface area contributed by atoms with Crippen LogP contribution in [0.2, 0.25) is 0 Å². The van der Waals surface area contributed by atoms with Crippen molar-refractivity contribution in [3.8, 4) is 5.75 Å². The summed E-state index contributed by atoms with van der Waals surface area (Å²) in [5.41, 5.74) is 0.352. The summed E-state index contributed by atoms with van der Waals surface area (Å²) in [6.45, 7) is 7.39. The van der Waals surface area contributed by atoms with Gasteiger partial charge in [-0.2, -0.15) is 0 Å². The minimum Gasteiger partial charge on any atom is -0.508 e. The third-order valence-electron chi connectivity index (χ3n) is 4.37. The smallest absolute Gasteiger partial charge is 0.508 e. The molecule has 0 aliphatic carbocycles. The Hall–Kier alpha value is -3.27. The predicted molar refractivity (Wildman–Crippen MR) is 115 cm³/mol. The first-order valence-electron chi connectivity index (χ1n) is 9.48. The molecule has 0 radical (unpaired) electrons. The number of hydrogen-bond donors (Lipinski definition) is 1. The molecule has 0 heterocycles. The summed E-state index contributed by atoms with van der Waals surface area (Å²) in [5, 5.41) is 8.63. The highest BCUT2D eigenvalue weighted by molar-refractivity contribution is 5.62. The summed E-state index contributed by atoms with van der Waals surface area (Å²) in [4.78, 5) is 12.2. The van der Waals surface area contributed by atoms with E-state index in [0.717, 1.165) is 11.1 Å². The van der Waals surface area contributed by atoms with Gasteiger partial charge < -0.3 is 14.6 Å². The lowest BCUT2D eigenvalue weighted by atomic mass is 9.98. The van der Waals surface area contributed by atoms with E-state index in [0.29, 0.717) is 5.75 Å². The van der Waals surface area contributed by atoms with E-state index in [-0.39, 0.29) is 0 Å². The Labute approximate surface area is 172 Å². The Kier molecular flexibility index (Phi) is 7.43. The number of carbonyl (C=O) groups is 1. The molecule has 4 heteroatoms. The fraction of sp³-hybridized carbons (Fsp3) is 0.240. The highest BCUT2D eigenvalue weighted by Crippen LogP contribution is 2.29. The van der Waals surface area contributed by atoms with Gasteiger partial charge in [-0.25, -0.2) is 4.79 Å². The van der Waals surface area contributed by atoms with Crippen molar-refractivity contribution in [2.75, 3.05) is 0 Å². The Morgan fingerprint density at radius 3 is 1.21 bits per heavy atom. The van der Waals surface area contributed by atoms with Crippen LogP contribution in [0.1, 0.15) is 38.8 Å². The first-order valence-corrected chi connectivity index (χ1v) is 9.48. The zero-order valence-corrected chi connectivity index (χ0v) is 17.3. The largest absolute Gasteiger partial charge is 0.510 e. The maximum Gasteiger partial charge on any atom is 0.510 e. The van der Waals surface area contributed by atoms with Crippen LogP contribution in [-0.4, -0.2) is 11.3 Å². The second-order valence-electron chi connectivity index (χ2n) is 7.54. The molecular weight excluding hydrogens is 364 g/mol. The molecule has 0 saturated heterocycles. The molecule has 152 valence electrons. The highest BCUT2D eigenvalue weighted by Gasteiger charge is 2.31. The third kappa shape index (κ3) is 7.00. The average molecular weight is 392 g/mol. The number of rotatable bonds is 4. The first kappa shape index (κ1) is 22.0. The van der Waals surface area contributed by atoms with Gasteiger partial charge in [-0.1, -0.05) is 78.9 Å². The van der Waals surface area contributed by atoms with Crippen LogP contribution < -0.4 is 0 Å². The van der Waals surface area contributed by atoms with Crippen molar-refractivity contribution in [3.05, 3.63) is 102 Å². The second kappa shape index (κ2) is 9.78. The summed E-state index contributed by atoms with van der Waals surface area (Å²) in [5.74, 6) is 0.322. The number of aromatic hydroxyl groups is 1. The van der Waals surface area contributed by atoms with Gasteiger partial charge in [0.2, 0.25) is 0 Å². The van der Waals surface area contributed by atoms with Crippen molar-refractivity contribution in [2.45, 2.75) is 38.9 Å². The molecule has 4 nitrogen and oxygen atoms in total. The lowest BCUT2D eigenvalue weighted by molar-refractivity contribution is -0.0634. The van der Waals surface area contributed by atoms with Crippen LogP contribution >= 0.6 is 0 Å². The molecule has 0 bridgehead atoms. The Morgan fingerprint density at radius 2 is 0.931 bits per heavy atom. The van der Waals surface area contributed by atoms with Gasteiger partial charge >= 0.3 is 6.16 Å². The number of benzene rings is 3. The fourth-order valence-corrected chi connectivity index (χ4v) is 2.66. The molecule has 0 aliphatic rings. The molecule has 0 aromatic heterocycles. The van der Waals surface area contributed by atoms with Crippen molar-refractivity contribution in [3.63, 3.8) is 0 Å². The van der Waals surface area contributed by atoms with E-state index < -0.39 is 17.4 Å². The van der Waals surface area contributed by atoms with Crippen molar-refractivity contribution >= 4 is 6.16 Å². The standard InChI is InChI=1S/C19H22O3.C6H6O/c1-18(2,15-11-7-5-8-12-15)21-17(20)22-19(3,4)16-13-9-6-10-14-16;7-6-4-2-1-3-5-6/h5-14H,1-4H3;1-5,7H. The van der Waals surface area contributed by atoms with Crippen molar-refractivity contribution < 1.29 is 19.4 Å². The quantitative estimate of drug-likeness (QED) is 0.522. The van der Waals surface area contributed by atoms with Crippen LogP contribution in [0, 0.1) is 0 Å². The number of carbonyl (C=O) groups excluding carboxylic acids is 1. The van der Waals surface area contributed by atoms with Gasteiger partial charge in [0, 0.05) is 0 Å². The summed E-state index contributed by atoms with van der Waals surface area (Å²) in [6.07, 6.45) is -0.678. The van der Waals surface area contributed by atoms with Crippen molar-refractivity contribution in [2.24, 2.45) is 0 Å². The molecule has 0 saturated carbocycles. The SMILES string of the molecule is CC(C)(OC(=O)OC(C)(C)c1ccccc1)c1ccccc1.Oc1ccccc1. The van der Waals surface area contributed by atoms with Gasteiger partial charge in [-0.15, -0.1) is 0 Å². The van der Waals surface area contributed by atoms with Crippen LogP contribution in [0.3, 0.4) is 0 Å². The maximum atomic E-state index is 12.2. The van der Waals surface area contributed by atoms with Crippen LogP contribution in [-0.2, 0) is 20.7 Å². The molecule has 3 rings (SSSR count). The molecule has 29 heavy (non-hydrogen) atoms. The number of hydrogen-bond acceptors (Lipinski definition) is 4. The number of ether oxygens (including phenoxy) is 2. The topological polar surface area (TPSA) is 55.8 Å². The lowest BCUT2D eigenvalue weighted by Gasteiger charge is -2.29. The summed E-state index contributed by atoms with van der Waals surface area (Å²) in [6, 6.07) is 27.9. The van der Waals surface area contributed by atoms with Gasteiger partial charge in [0.15, 0.2) is 0 Å². The molecule has 0 amide bonds. The van der Waals surface area contributed by atoms with Crippen LogP contribution in [0.25, 0.3) is 0 Å². The molecule has 0 unspecified atom stereocenters. The Morgan fingerprint density at radius 1 is 0.621 bits per heavy atom. The van der Waals surface area contributed by atoms with E-state index in [2.05, 4.69) is 0 Å². The second-order valence-corrected chi connectivity index (χ2v) is 7.54. The van der Waals surface area contributed by atoms with Crippen molar-refractivity contribution in [1.82, 2.24) is 0 Å². The summed E-state index contributed by atoms with van der Waals surface area (Å²) in [7, 11) is 0. The third-order valence-corrected chi connectivity index (χ3v) is 4.37. The molecule has 0 fully saturated rings. The number of phenols is 1. The van der Waals surface area contributed by atoms with Crippen molar-refractivity contribution in [1.29, 1.82) is 0 Å². The highest BCUT2D eigenvalue weighted by atomic mass is 16.7.